The number of methoxy groups -OCH3 is 1. The molecule has 1 aromatic carbocycles. The predicted molar refractivity (Wildman–Crippen MR) is 127 cm³/mol. The van der Waals surface area contributed by atoms with Crippen molar-refractivity contribution in [3.8, 4) is 5.75 Å². The highest BCUT2D eigenvalue weighted by Gasteiger charge is 2.29. The average molecular weight is 504 g/mol. The second-order valence-corrected chi connectivity index (χ2v) is 10.0. The highest BCUT2D eigenvalue weighted by atomic mass is 79.9. The van der Waals surface area contributed by atoms with Gasteiger partial charge in [-0.25, -0.2) is 9.97 Å². The van der Waals surface area contributed by atoms with Gasteiger partial charge in [-0.3, -0.25) is 4.79 Å². The van der Waals surface area contributed by atoms with Crippen molar-refractivity contribution < 1.29 is 14.6 Å². The van der Waals surface area contributed by atoms with Crippen molar-refractivity contribution in [3.05, 3.63) is 44.3 Å². The minimum atomic E-state index is -0.687. The third-order valence-corrected chi connectivity index (χ3v) is 7.92. The Bertz CT molecular complexity index is 1110. The van der Waals surface area contributed by atoms with Gasteiger partial charge in [-0.15, -0.1) is 11.3 Å². The van der Waals surface area contributed by atoms with Crippen LogP contribution >= 0.6 is 27.3 Å². The smallest absolute Gasteiger partial charge is 0.306 e. The van der Waals surface area contributed by atoms with Crippen LogP contribution in [0.2, 0.25) is 0 Å². The van der Waals surface area contributed by atoms with E-state index in [0.29, 0.717) is 18.7 Å². The number of benzene rings is 1. The number of carboxylic acid groups (broad SMARTS) is 1. The molecule has 4 rings (SSSR count). The number of aryl methyl sites for hydroxylation is 1. The van der Waals surface area contributed by atoms with E-state index in [-0.39, 0.29) is 17.9 Å². The lowest BCUT2D eigenvalue weighted by Gasteiger charge is -2.28. The molecular weight excluding hydrogens is 478 g/mol. The first-order chi connectivity index (χ1) is 14.9. The summed E-state index contributed by atoms with van der Waals surface area (Å²) in [6, 6.07) is 6.35. The molecule has 1 atom stereocenters. The summed E-state index contributed by atoms with van der Waals surface area (Å²) in [5.74, 6) is 1.67. The van der Waals surface area contributed by atoms with Crippen molar-refractivity contribution in [2.45, 2.75) is 51.5 Å². The number of ether oxygens (including phenoxy) is 1. The van der Waals surface area contributed by atoms with Crippen molar-refractivity contribution >= 4 is 50.0 Å². The zero-order valence-corrected chi connectivity index (χ0v) is 20.2. The van der Waals surface area contributed by atoms with E-state index in [2.05, 4.69) is 50.7 Å². The summed E-state index contributed by atoms with van der Waals surface area (Å²) < 4.78 is 6.79. The SMILES string of the molecule is COc1cc2nc(C)nc(N[C@H](C)c3cc(Br)cs3)c2cc1C1CCC(C(=O)O)CC1. The van der Waals surface area contributed by atoms with E-state index in [4.69, 9.17) is 9.72 Å². The van der Waals surface area contributed by atoms with Crippen molar-refractivity contribution in [1.29, 1.82) is 0 Å². The summed E-state index contributed by atoms with van der Waals surface area (Å²) in [5, 5.41) is 15.9. The number of hydrogen-bond donors (Lipinski definition) is 2. The Morgan fingerprint density at radius 3 is 2.61 bits per heavy atom. The van der Waals surface area contributed by atoms with E-state index in [9.17, 15) is 9.90 Å². The molecule has 0 saturated heterocycles. The molecule has 2 heterocycles. The third kappa shape index (κ3) is 4.70. The largest absolute Gasteiger partial charge is 0.496 e. The lowest BCUT2D eigenvalue weighted by Crippen LogP contribution is -2.20. The number of carboxylic acids is 1. The minimum Gasteiger partial charge on any atom is -0.496 e. The van der Waals surface area contributed by atoms with Crippen LogP contribution in [-0.2, 0) is 4.79 Å². The Labute approximate surface area is 194 Å². The van der Waals surface area contributed by atoms with Gasteiger partial charge in [0.05, 0.1) is 24.6 Å². The molecule has 31 heavy (non-hydrogen) atoms. The number of anilines is 1. The second-order valence-electron chi connectivity index (χ2n) is 8.15. The maximum absolute atomic E-state index is 11.3. The molecule has 1 aliphatic carbocycles. The number of aromatic nitrogens is 2. The Balaban J connectivity index is 1.70. The van der Waals surface area contributed by atoms with Gasteiger partial charge < -0.3 is 15.2 Å². The van der Waals surface area contributed by atoms with Crippen LogP contribution in [0.4, 0.5) is 5.82 Å². The van der Waals surface area contributed by atoms with Gasteiger partial charge in [-0.2, -0.15) is 0 Å². The molecule has 0 aliphatic heterocycles. The summed E-state index contributed by atoms with van der Waals surface area (Å²) >= 11 is 5.23. The maximum Gasteiger partial charge on any atom is 0.306 e. The number of thiophene rings is 1. The molecule has 1 saturated carbocycles. The van der Waals surface area contributed by atoms with Gasteiger partial charge in [0.1, 0.15) is 17.4 Å². The zero-order chi connectivity index (χ0) is 22.1. The Hall–Kier alpha value is -2.19. The van der Waals surface area contributed by atoms with Gasteiger partial charge >= 0.3 is 5.97 Å². The van der Waals surface area contributed by atoms with Gasteiger partial charge in [0.2, 0.25) is 0 Å². The van der Waals surface area contributed by atoms with Crippen molar-refractivity contribution in [1.82, 2.24) is 9.97 Å². The number of aliphatic carboxylic acids is 1. The van der Waals surface area contributed by atoms with E-state index in [1.54, 1.807) is 18.4 Å². The average Bonchev–Trinajstić information content (AvgIpc) is 3.19. The maximum atomic E-state index is 11.3. The van der Waals surface area contributed by atoms with Crippen LogP contribution in [-0.4, -0.2) is 28.2 Å². The molecule has 0 unspecified atom stereocenters. The molecule has 3 aromatic rings. The van der Waals surface area contributed by atoms with Crippen molar-refractivity contribution in [2.24, 2.45) is 5.92 Å². The highest BCUT2D eigenvalue weighted by Crippen LogP contribution is 2.42. The molecule has 1 fully saturated rings. The van der Waals surface area contributed by atoms with Gasteiger partial charge in [0, 0.05) is 26.2 Å². The van der Waals surface area contributed by atoms with Crippen LogP contribution < -0.4 is 10.1 Å². The molecular formula is C23H26BrN3O3S. The van der Waals surface area contributed by atoms with Gasteiger partial charge in [0.25, 0.3) is 0 Å². The lowest BCUT2D eigenvalue weighted by molar-refractivity contribution is -0.142. The molecule has 0 radical (unpaired) electrons. The number of rotatable bonds is 6. The first-order valence-electron chi connectivity index (χ1n) is 10.4. The van der Waals surface area contributed by atoms with Gasteiger partial charge in [-0.05, 0) is 79.1 Å². The van der Waals surface area contributed by atoms with Crippen LogP contribution in [0.1, 0.15) is 60.8 Å². The number of halogens is 1. The molecule has 8 heteroatoms. The van der Waals surface area contributed by atoms with Crippen LogP contribution in [0.5, 0.6) is 5.75 Å². The molecule has 1 aliphatic rings. The molecule has 164 valence electrons. The number of fused-ring (bicyclic) bond motifs is 1. The molecule has 0 bridgehead atoms. The third-order valence-electron chi connectivity index (χ3n) is 6.04. The summed E-state index contributed by atoms with van der Waals surface area (Å²) in [4.78, 5) is 21.9. The second kappa shape index (κ2) is 9.12. The molecule has 0 spiro atoms. The molecule has 6 nitrogen and oxygen atoms in total. The van der Waals surface area contributed by atoms with Crippen LogP contribution in [0, 0.1) is 12.8 Å². The quantitative estimate of drug-likeness (QED) is 0.410. The van der Waals surface area contributed by atoms with E-state index < -0.39 is 5.97 Å². The number of nitrogens with one attached hydrogen (secondary N) is 1. The van der Waals surface area contributed by atoms with Crippen molar-refractivity contribution in [2.75, 3.05) is 12.4 Å². The number of hydrogen-bond acceptors (Lipinski definition) is 6. The summed E-state index contributed by atoms with van der Waals surface area (Å²) in [5.41, 5.74) is 1.95. The van der Waals surface area contributed by atoms with E-state index in [0.717, 1.165) is 45.3 Å². The fraction of sp³-hybridized carbons (Fsp3) is 0.435. The Kier molecular flexibility index (Phi) is 6.48. The van der Waals surface area contributed by atoms with Gasteiger partial charge in [0.15, 0.2) is 0 Å². The minimum absolute atomic E-state index is 0.102. The predicted octanol–water partition coefficient (Wildman–Crippen LogP) is 6.30. The van der Waals surface area contributed by atoms with E-state index in [1.807, 2.05) is 13.0 Å². The summed E-state index contributed by atoms with van der Waals surface area (Å²) in [6.07, 6.45) is 3.07. The topological polar surface area (TPSA) is 84.3 Å². The normalized spacial score (nSPS) is 19.9. The molecule has 2 aromatic heterocycles. The van der Waals surface area contributed by atoms with E-state index >= 15 is 0 Å². The van der Waals surface area contributed by atoms with Crippen LogP contribution in [0.3, 0.4) is 0 Å². The first-order valence-corrected chi connectivity index (χ1v) is 12.1. The standard InChI is InChI=1S/C23H26BrN3O3S/c1-12(21-8-16(24)11-31-21)25-22-18-9-17(14-4-6-15(7-5-14)23(28)29)20(30-3)10-19(18)26-13(2)27-22/h8-12,14-15H,4-7H2,1-3H3,(H,28,29)(H,25,26,27)/t12-,14?,15?/m1/s1. The fourth-order valence-electron chi connectivity index (χ4n) is 4.38. The summed E-state index contributed by atoms with van der Waals surface area (Å²) in [7, 11) is 1.68. The summed E-state index contributed by atoms with van der Waals surface area (Å²) in [6.45, 7) is 4.02. The number of carbonyl (C=O) groups is 1. The first kappa shape index (κ1) is 22.0. The Morgan fingerprint density at radius 1 is 1.26 bits per heavy atom. The monoisotopic (exact) mass is 503 g/mol. The van der Waals surface area contributed by atoms with Crippen molar-refractivity contribution in [3.63, 3.8) is 0 Å². The van der Waals surface area contributed by atoms with E-state index in [1.165, 1.54) is 4.88 Å². The van der Waals surface area contributed by atoms with Gasteiger partial charge in [-0.1, -0.05) is 0 Å². The van der Waals surface area contributed by atoms with Crippen LogP contribution in [0.25, 0.3) is 10.9 Å². The molecule has 2 N–H and O–H groups in total. The van der Waals surface area contributed by atoms with Crippen LogP contribution in [0.15, 0.2) is 28.1 Å². The molecule has 0 amide bonds. The fourth-order valence-corrected chi connectivity index (χ4v) is 5.83. The zero-order valence-electron chi connectivity index (χ0n) is 17.8. The number of nitrogens with zero attached hydrogens (tertiary/aromatic N) is 2. The Morgan fingerprint density at radius 2 is 2.00 bits per heavy atom. The highest BCUT2D eigenvalue weighted by molar-refractivity contribution is 9.10. The lowest BCUT2D eigenvalue weighted by atomic mass is 9.78.